The van der Waals surface area contributed by atoms with Crippen LogP contribution >= 0.6 is 12.4 Å². The van der Waals surface area contributed by atoms with Gasteiger partial charge in [-0.2, -0.15) is 13.2 Å². The van der Waals surface area contributed by atoms with Crippen LogP contribution in [-0.4, -0.2) is 12.1 Å². The van der Waals surface area contributed by atoms with Crippen LogP contribution in [0.5, 0.6) is 0 Å². The van der Waals surface area contributed by atoms with E-state index in [-0.39, 0.29) is 25.0 Å². The Morgan fingerprint density at radius 1 is 1.33 bits per heavy atom. The number of nitrogens with two attached hydrogens (primary N) is 1. The second kappa shape index (κ2) is 6.61. The minimum Gasteiger partial charge on any atom is -0.344 e. The lowest BCUT2D eigenvalue weighted by Crippen LogP contribution is -2.36. The Hall–Kier alpha value is -1.27. The van der Waals surface area contributed by atoms with Gasteiger partial charge < -0.3 is 11.1 Å². The molecule has 0 saturated carbocycles. The van der Waals surface area contributed by atoms with E-state index in [1.807, 2.05) is 0 Å². The lowest BCUT2D eigenvalue weighted by Gasteiger charge is -2.09. The summed E-state index contributed by atoms with van der Waals surface area (Å²) in [5.74, 6) is -1.94. The lowest BCUT2D eigenvalue weighted by molar-refractivity contribution is -0.173. The van der Waals surface area contributed by atoms with E-state index < -0.39 is 12.1 Å². The highest BCUT2D eigenvalue weighted by atomic mass is 35.5. The number of nitrogens with one attached hydrogen (secondary N) is 1. The molecule has 0 spiro atoms. The number of hydrogen-bond acceptors (Lipinski definition) is 2. The van der Waals surface area contributed by atoms with Gasteiger partial charge in [0.2, 0.25) is 0 Å². The highest BCUT2D eigenvalue weighted by molar-refractivity contribution is 5.85. The maximum atomic E-state index is 11.9. The van der Waals surface area contributed by atoms with E-state index in [2.05, 4.69) is 0 Å². The maximum Gasteiger partial charge on any atom is 0.471 e. The quantitative estimate of drug-likeness (QED) is 0.894. The van der Waals surface area contributed by atoms with Gasteiger partial charge >= 0.3 is 12.1 Å². The third-order valence-corrected chi connectivity index (χ3v) is 2.22. The van der Waals surface area contributed by atoms with Gasteiger partial charge in [0.15, 0.2) is 0 Å². The van der Waals surface area contributed by atoms with Gasteiger partial charge in [0.1, 0.15) is 0 Å². The summed E-state index contributed by atoms with van der Waals surface area (Å²) in [5.41, 5.74) is 7.10. The number of carbonyl (C=O) groups excluding carboxylic acids is 1. The lowest BCUT2D eigenvalue weighted by atomic mass is 10.1. The predicted molar refractivity (Wildman–Crippen MR) is 64.2 cm³/mol. The predicted octanol–water partition coefficient (Wildman–Crippen LogP) is 2.31. The van der Waals surface area contributed by atoms with Gasteiger partial charge in [-0.05, 0) is 18.1 Å². The van der Waals surface area contributed by atoms with Crippen molar-refractivity contribution >= 4 is 18.3 Å². The Balaban J connectivity index is 0.00000289. The molecule has 0 aliphatic carbocycles. The average molecular weight is 283 g/mol. The van der Waals surface area contributed by atoms with Crippen molar-refractivity contribution in [2.75, 3.05) is 0 Å². The van der Waals surface area contributed by atoms with Gasteiger partial charge in [-0.1, -0.05) is 24.3 Å². The topological polar surface area (TPSA) is 55.1 Å². The number of alkyl halides is 3. The summed E-state index contributed by atoms with van der Waals surface area (Å²) in [7, 11) is 0. The first-order valence-corrected chi connectivity index (χ1v) is 5.00. The van der Waals surface area contributed by atoms with Crippen molar-refractivity contribution in [3.8, 4) is 0 Å². The number of halogens is 4. The molecule has 0 bridgehead atoms. The fourth-order valence-electron chi connectivity index (χ4n) is 1.22. The molecule has 0 saturated heterocycles. The molecule has 0 aliphatic heterocycles. The Bertz CT molecular complexity index is 390. The molecule has 1 amide bonds. The van der Waals surface area contributed by atoms with Crippen LogP contribution in [0, 0.1) is 0 Å². The van der Waals surface area contributed by atoms with E-state index in [9.17, 15) is 18.0 Å². The van der Waals surface area contributed by atoms with Crippen molar-refractivity contribution in [2.45, 2.75) is 25.7 Å². The van der Waals surface area contributed by atoms with Crippen LogP contribution in [0.1, 0.15) is 24.1 Å². The zero-order valence-corrected chi connectivity index (χ0v) is 10.4. The molecule has 0 fully saturated rings. The van der Waals surface area contributed by atoms with Crippen LogP contribution < -0.4 is 11.1 Å². The van der Waals surface area contributed by atoms with Crippen molar-refractivity contribution in [3.05, 3.63) is 35.4 Å². The maximum absolute atomic E-state index is 11.9. The van der Waals surface area contributed by atoms with E-state index in [0.29, 0.717) is 5.56 Å². The van der Waals surface area contributed by atoms with E-state index in [4.69, 9.17) is 5.73 Å². The van der Waals surface area contributed by atoms with Gasteiger partial charge in [0, 0.05) is 12.6 Å². The molecule has 3 nitrogen and oxygen atoms in total. The molecule has 1 unspecified atom stereocenters. The molecular formula is C11H14ClF3N2O. The third-order valence-electron chi connectivity index (χ3n) is 2.22. The number of carbonyl (C=O) groups is 1. The Morgan fingerprint density at radius 3 is 2.22 bits per heavy atom. The Morgan fingerprint density at radius 2 is 1.83 bits per heavy atom. The molecular weight excluding hydrogens is 269 g/mol. The molecule has 7 heteroatoms. The first-order valence-electron chi connectivity index (χ1n) is 5.00. The van der Waals surface area contributed by atoms with Crippen molar-refractivity contribution in [3.63, 3.8) is 0 Å². The van der Waals surface area contributed by atoms with E-state index in [1.54, 1.807) is 36.5 Å². The molecule has 0 heterocycles. The van der Waals surface area contributed by atoms with Crippen molar-refractivity contribution in [1.82, 2.24) is 5.32 Å². The molecule has 1 rings (SSSR count). The van der Waals surface area contributed by atoms with Gasteiger partial charge in [0.25, 0.3) is 0 Å². The Kier molecular flexibility index (Phi) is 6.14. The minimum absolute atomic E-state index is 0. The first-order chi connectivity index (χ1) is 7.80. The van der Waals surface area contributed by atoms with E-state index in [0.717, 1.165) is 5.56 Å². The third kappa shape index (κ3) is 4.93. The molecule has 0 aromatic heterocycles. The van der Waals surface area contributed by atoms with Crippen molar-refractivity contribution in [1.29, 1.82) is 0 Å². The van der Waals surface area contributed by atoms with E-state index >= 15 is 0 Å². The standard InChI is InChI=1S/C11H13F3N2O.ClH/c1-7(15)9-4-2-8(3-5-9)6-16-10(17)11(12,13)14;/h2-5,7H,6,15H2,1H3,(H,16,17);1H. The van der Waals surface area contributed by atoms with Crippen LogP contribution in [-0.2, 0) is 11.3 Å². The van der Waals surface area contributed by atoms with Crippen LogP contribution in [0.15, 0.2) is 24.3 Å². The van der Waals surface area contributed by atoms with Crippen LogP contribution in [0.3, 0.4) is 0 Å². The molecule has 0 radical (unpaired) electrons. The summed E-state index contributed by atoms with van der Waals surface area (Å²) < 4.78 is 35.7. The van der Waals surface area contributed by atoms with Gasteiger partial charge in [-0.25, -0.2) is 0 Å². The fraction of sp³-hybridized carbons (Fsp3) is 0.364. The van der Waals surface area contributed by atoms with Crippen LogP contribution in [0.25, 0.3) is 0 Å². The summed E-state index contributed by atoms with van der Waals surface area (Å²) in [6.45, 7) is 1.65. The molecule has 102 valence electrons. The first kappa shape index (κ1) is 16.7. The Labute approximate surface area is 109 Å². The second-order valence-electron chi connectivity index (χ2n) is 3.71. The monoisotopic (exact) mass is 282 g/mol. The van der Waals surface area contributed by atoms with Crippen molar-refractivity contribution in [2.24, 2.45) is 5.73 Å². The number of hydrogen-bond donors (Lipinski definition) is 2. The molecule has 18 heavy (non-hydrogen) atoms. The molecule has 0 aliphatic rings. The average Bonchev–Trinajstić information content (AvgIpc) is 2.25. The summed E-state index contributed by atoms with van der Waals surface area (Å²) >= 11 is 0. The van der Waals surface area contributed by atoms with Crippen LogP contribution in [0.2, 0.25) is 0 Å². The zero-order chi connectivity index (χ0) is 13.1. The molecule has 1 atom stereocenters. The SMILES string of the molecule is CC(N)c1ccc(CNC(=O)C(F)(F)F)cc1.Cl. The highest BCUT2D eigenvalue weighted by Gasteiger charge is 2.38. The highest BCUT2D eigenvalue weighted by Crippen LogP contribution is 2.15. The van der Waals surface area contributed by atoms with Gasteiger partial charge in [-0.3, -0.25) is 4.79 Å². The number of amides is 1. The fourth-order valence-corrected chi connectivity index (χ4v) is 1.22. The largest absolute Gasteiger partial charge is 0.471 e. The molecule has 1 aromatic rings. The van der Waals surface area contributed by atoms with Crippen LogP contribution in [0.4, 0.5) is 13.2 Å². The summed E-state index contributed by atoms with van der Waals surface area (Å²) in [6.07, 6.45) is -4.84. The second-order valence-corrected chi connectivity index (χ2v) is 3.71. The number of rotatable bonds is 3. The normalized spacial score (nSPS) is 12.5. The summed E-state index contributed by atoms with van der Waals surface area (Å²) in [5, 5.41) is 1.79. The summed E-state index contributed by atoms with van der Waals surface area (Å²) in [6, 6.07) is 6.58. The smallest absolute Gasteiger partial charge is 0.344 e. The zero-order valence-electron chi connectivity index (χ0n) is 9.62. The summed E-state index contributed by atoms with van der Waals surface area (Å²) in [4.78, 5) is 10.6. The van der Waals surface area contributed by atoms with Crippen molar-refractivity contribution < 1.29 is 18.0 Å². The molecule has 1 aromatic carbocycles. The molecule has 3 N–H and O–H groups in total. The number of benzene rings is 1. The minimum atomic E-state index is -4.84. The van der Waals surface area contributed by atoms with E-state index in [1.165, 1.54) is 0 Å². The van der Waals surface area contributed by atoms with Gasteiger partial charge in [0.05, 0.1) is 0 Å². The van der Waals surface area contributed by atoms with Gasteiger partial charge in [-0.15, -0.1) is 12.4 Å².